The first-order valence-corrected chi connectivity index (χ1v) is 44.7. The molecule has 6 heterocycles. The molecule has 4 aromatic rings. The van der Waals surface area contributed by atoms with E-state index in [9.17, 15) is 0 Å². The molecule has 11 nitrogen and oxygen atoms in total. The van der Waals surface area contributed by atoms with E-state index >= 15 is 4.79 Å². The van der Waals surface area contributed by atoms with Crippen LogP contribution in [0.1, 0.15) is 161 Å². The van der Waals surface area contributed by atoms with Crippen molar-refractivity contribution in [2.75, 3.05) is 19.8 Å². The minimum absolute atomic E-state index is 0.0108. The van der Waals surface area contributed by atoms with Crippen LogP contribution in [-0.2, 0) is 51.2 Å². The van der Waals surface area contributed by atoms with Gasteiger partial charge in [0.15, 0.2) is 8.32 Å². The first kappa shape index (κ1) is 78.1. The molecule has 0 radical (unpaired) electrons. The average molecular weight is 1420 g/mol. The Morgan fingerprint density at radius 2 is 1.16 bits per heavy atom. The highest BCUT2D eigenvalue weighted by atomic mass is 28.4. The maximum Gasteiger partial charge on any atom is 0.261 e. The summed E-state index contributed by atoms with van der Waals surface area (Å²) in [5.74, 6) is 0.879. The van der Waals surface area contributed by atoms with E-state index in [2.05, 4.69) is 250 Å². The number of Topliss-reactive ketones (excluding diaryl/α,β-unsaturated/α-hetero) is 1. The van der Waals surface area contributed by atoms with Gasteiger partial charge >= 0.3 is 0 Å². The Balaban J connectivity index is 0.946. The molecule has 10 rings (SSSR count). The number of hydrogen-bond acceptors (Lipinski definition) is 11. The smallest absolute Gasteiger partial charge is 0.261 e. The van der Waals surface area contributed by atoms with E-state index in [1.54, 1.807) is 6.08 Å². The fraction of sp³-hybridized carbons (Fsp3) is 0.593. The Hall–Kier alpha value is -4.50. The second-order valence-corrected chi connectivity index (χ2v) is 47.5. The maximum atomic E-state index is 15.5. The summed E-state index contributed by atoms with van der Waals surface area (Å²) in [6, 6.07) is 43.6. The van der Waals surface area contributed by atoms with Crippen LogP contribution in [0.15, 0.2) is 183 Å². The standard InChI is InChI=1S/C86H124O11Si3/c1-20-48-88-49-34-35-65-53-61(6)73(90-65)46-44-66-52-60(5)62(7)76(91-66)56-77-72(63(8)75(93-77)51-59(4)57-89-98(18,19)84(9,10)11)55-64(87)54-67-45-47-74-79(92-67)83(97-100(86(15,16)17,70-40-30-24-31-41-70)71-42-32-25-33-43-71)82-81(94-74)80(78(95-82)50-58(3)21-2)96-99(85(12,13)14,68-36-26-22-27-37-68)69-38-28-23-29-39-69/h20-43,58-60,63,65-67,72-83H,1-2,6-7,44-57H2,3-5,8-19H3/b35-34+/t58?,59-,60+,63+,65-,66-,67+,72+,73?,74-,75+,76?,77-,78+,79-,80-,81-,82+,83-/m0/s1. The van der Waals surface area contributed by atoms with Crippen LogP contribution in [-0.4, -0.2) is 136 Å². The lowest BCUT2D eigenvalue weighted by atomic mass is 9.78. The Labute approximate surface area is 606 Å². The summed E-state index contributed by atoms with van der Waals surface area (Å²) in [5, 5.41) is 4.16. The minimum Gasteiger partial charge on any atom is -0.417 e. The van der Waals surface area contributed by atoms with Crippen molar-refractivity contribution in [1.29, 1.82) is 0 Å². The summed E-state index contributed by atoms with van der Waals surface area (Å²) in [6.07, 6.45) is 11.1. The molecule has 3 unspecified atom stereocenters. The number of carbonyl (C=O) groups excluding carboxylic acids is 1. The Bertz CT molecular complexity index is 3260. The van der Waals surface area contributed by atoms with Gasteiger partial charge in [-0.3, -0.25) is 4.79 Å². The Morgan fingerprint density at radius 1 is 0.600 bits per heavy atom. The highest BCUT2D eigenvalue weighted by molar-refractivity contribution is 7.00. The van der Waals surface area contributed by atoms with E-state index < -0.39 is 55.5 Å². The number of hydrogen-bond donors (Lipinski definition) is 0. The summed E-state index contributed by atoms with van der Waals surface area (Å²) in [4.78, 5) is 15.5. The van der Waals surface area contributed by atoms with Gasteiger partial charge in [0.1, 0.15) is 36.3 Å². The molecule has 0 aliphatic carbocycles. The second kappa shape index (κ2) is 33.3. The van der Waals surface area contributed by atoms with Crippen molar-refractivity contribution in [2.45, 2.75) is 274 Å². The van der Waals surface area contributed by atoms with E-state index in [0.717, 1.165) is 43.3 Å². The topological polar surface area (TPSA) is 109 Å². The molecule has 546 valence electrons. The van der Waals surface area contributed by atoms with Crippen molar-refractivity contribution < 1.29 is 51.2 Å². The van der Waals surface area contributed by atoms with Crippen LogP contribution in [0.2, 0.25) is 28.2 Å². The highest BCUT2D eigenvalue weighted by Gasteiger charge is 2.65. The number of rotatable bonds is 30. The van der Waals surface area contributed by atoms with Crippen molar-refractivity contribution in [2.24, 2.45) is 29.6 Å². The SMILES string of the molecule is C=CCOC/C=C/[C@H]1CC(=C)C(CC[C@H]2C[C@@H](C)C(=C)C(C[C@@H]3O[C@H](C[C@H](C)CO[Si](C)(C)C(C)(C)C)[C@H](C)[C@H]3CC(=O)C[C@H]3CC[C@@H]4O[C@@H]5[C@@H](O[C@H](CC(C)C=C)[C@@H]5O[Si](c5ccccc5)(c5ccccc5)C(C)(C)C)[C@@H](O[Si](c5ccccc5)(c5ccccc5)C(C)(C)C)[C@H]4O3)O2)O1. The lowest BCUT2D eigenvalue weighted by molar-refractivity contribution is -0.254. The van der Waals surface area contributed by atoms with Gasteiger partial charge in [-0.15, -0.1) is 13.2 Å². The first-order valence-electron chi connectivity index (χ1n) is 38.0. The molecule has 6 aliphatic rings. The van der Waals surface area contributed by atoms with Gasteiger partial charge in [-0.05, 0) is 135 Å². The number of ether oxygens (including phenoxy) is 7. The third-order valence-electron chi connectivity index (χ3n) is 23.7. The summed E-state index contributed by atoms with van der Waals surface area (Å²) in [5.41, 5.74) is 2.23. The lowest BCUT2D eigenvalue weighted by Gasteiger charge is -2.53. The van der Waals surface area contributed by atoms with Crippen molar-refractivity contribution in [3.8, 4) is 0 Å². The van der Waals surface area contributed by atoms with E-state index in [4.69, 9.17) is 53.0 Å². The van der Waals surface area contributed by atoms with Crippen LogP contribution in [0.4, 0.5) is 0 Å². The molecule has 100 heavy (non-hydrogen) atoms. The molecule has 19 atom stereocenters. The molecule has 6 aliphatic heterocycles. The minimum atomic E-state index is -3.31. The van der Waals surface area contributed by atoms with E-state index in [0.29, 0.717) is 51.9 Å². The summed E-state index contributed by atoms with van der Waals surface area (Å²) in [7, 11) is -8.50. The van der Waals surface area contributed by atoms with E-state index in [1.165, 1.54) is 20.7 Å². The van der Waals surface area contributed by atoms with Gasteiger partial charge in [0.05, 0.1) is 68.1 Å². The molecule has 0 amide bonds. The largest absolute Gasteiger partial charge is 0.417 e. The fourth-order valence-electron chi connectivity index (χ4n) is 17.0. The Morgan fingerprint density at radius 3 is 1.70 bits per heavy atom. The predicted octanol–water partition coefficient (Wildman–Crippen LogP) is 16.6. The number of benzene rings is 4. The molecule has 0 bridgehead atoms. The molecule has 6 fully saturated rings. The third-order valence-corrected chi connectivity index (χ3v) is 38.3. The summed E-state index contributed by atoms with van der Waals surface area (Å²) >= 11 is 0. The van der Waals surface area contributed by atoms with Crippen molar-refractivity contribution >= 4 is 51.5 Å². The molecular formula is C86H124O11Si3. The van der Waals surface area contributed by atoms with Gasteiger partial charge in [0, 0.05) is 32.3 Å². The van der Waals surface area contributed by atoms with Gasteiger partial charge in [-0.25, -0.2) is 0 Å². The number of ketones is 1. The van der Waals surface area contributed by atoms with Crippen molar-refractivity contribution in [3.63, 3.8) is 0 Å². The molecular weight excluding hydrogens is 1290 g/mol. The fourth-order valence-corrected chi connectivity index (χ4v) is 27.5. The normalized spacial score (nSPS) is 30.6. The summed E-state index contributed by atoms with van der Waals surface area (Å²) < 4.78 is 73.3. The van der Waals surface area contributed by atoms with Gasteiger partial charge in [0.2, 0.25) is 0 Å². The molecule has 0 saturated carbocycles. The Kier molecular flexibility index (Phi) is 26.0. The number of carbonyl (C=O) groups is 1. The zero-order chi connectivity index (χ0) is 72.0. The monoisotopic (exact) mass is 1420 g/mol. The lowest BCUT2D eigenvalue weighted by Crippen LogP contribution is -2.73. The molecule has 4 aromatic carbocycles. The zero-order valence-electron chi connectivity index (χ0n) is 63.5. The quantitative estimate of drug-likeness (QED) is 0.0283. The third kappa shape index (κ3) is 17.6. The maximum absolute atomic E-state index is 15.5. The van der Waals surface area contributed by atoms with Gasteiger partial charge in [0.25, 0.3) is 16.6 Å². The van der Waals surface area contributed by atoms with E-state index in [1.807, 2.05) is 12.2 Å². The van der Waals surface area contributed by atoms with Crippen molar-refractivity contribution in [3.05, 3.63) is 183 Å². The second-order valence-electron chi connectivity index (χ2n) is 34.2. The van der Waals surface area contributed by atoms with Crippen LogP contribution in [0, 0.1) is 29.6 Å². The van der Waals surface area contributed by atoms with Crippen LogP contribution in [0.3, 0.4) is 0 Å². The van der Waals surface area contributed by atoms with E-state index in [-0.39, 0.29) is 112 Å². The van der Waals surface area contributed by atoms with Gasteiger partial charge in [-0.1, -0.05) is 249 Å². The molecule has 6 saturated heterocycles. The van der Waals surface area contributed by atoms with Crippen LogP contribution < -0.4 is 20.7 Å². The van der Waals surface area contributed by atoms with Crippen LogP contribution in [0.5, 0.6) is 0 Å². The molecule has 0 N–H and O–H groups in total. The first-order chi connectivity index (χ1) is 47.5. The van der Waals surface area contributed by atoms with Gasteiger partial charge in [-0.2, -0.15) is 0 Å². The number of fused-ring (bicyclic) bond motifs is 2. The van der Waals surface area contributed by atoms with Crippen LogP contribution in [0.25, 0.3) is 0 Å². The molecule has 0 spiro atoms. The zero-order valence-corrected chi connectivity index (χ0v) is 66.5. The predicted molar refractivity (Wildman–Crippen MR) is 415 cm³/mol. The highest BCUT2D eigenvalue weighted by Crippen LogP contribution is 2.50. The number of allylic oxidation sites excluding steroid dienone is 1. The van der Waals surface area contributed by atoms with Gasteiger partial charge < -0.3 is 46.4 Å². The molecule has 0 aromatic heterocycles. The summed E-state index contributed by atoms with van der Waals surface area (Å²) in [6.45, 7) is 53.6. The molecule has 14 heteroatoms. The average Bonchev–Trinajstić information content (AvgIpc) is 1.33. The van der Waals surface area contributed by atoms with Crippen molar-refractivity contribution in [1.82, 2.24) is 0 Å². The van der Waals surface area contributed by atoms with Crippen LogP contribution >= 0.6 is 0 Å².